The fourth-order valence-electron chi connectivity index (χ4n) is 1.78. The van der Waals surface area contributed by atoms with E-state index in [9.17, 15) is 4.39 Å². The standard InChI is InChI=1S/C15H14Cl2FNO/c16-11-4-6-13(7-5-11)20-9-12(19)8-10-2-1-3-14(17)15(10)18/h1-7,12H,8-9,19H2. The van der Waals surface area contributed by atoms with Crippen molar-refractivity contribution in [3.8, 4) is 5.75 Å². The zero-order chi connectivity index (χ0) is 14.5. The molecule has 0 fully saturated rings. The molecule has 20 heavy (non-hydrogen) atoms. The van der Waals surface area contributed by atoms with Crippen molar-refractivity contribution in [1.29, 1.82) is 0 Å². The number of rotatable bonds is 5. The van der Waals surface area contributed by atoms with Crippen LogP contribution in [0.15, 0.2) is 42.5 Å². The minimum absolute atomic E-state index is 0.105. The van der Waals surface area contributed by atoms with Crippen molar-refractivity contribution in [2.75, 3.05) is 6.61 Å². The van der Waals surface area contributed by atoms with Gasteiger partial charge >= 0.3 is 0 Å². The lowest BCUT2D eigenvalue weighted by Crippen LogP contribution is -2.30. The lowest BCUT2D eigenvalue weighted by Gasteiger charge is -2.14. The van der Waals surface area contributed by atoms with Crippen molar-refractivity contribution in [3.63, 3.8) is 0 Å². The average Bonchev–Trinajstić information content (AvgIpc) is 2.43. The molecule has 0 aromatic heterocycles. The molecule has 0 spiro atoms. The summed E-state index contributed by atoms with van der Waals surface area (Å²) in [5.41, 5.74) is 6.43. The zero-order valence-electron chi connectivity index (χ0n) is 10.7. The number of hydrogen-bond acceptors (Lipinski definition) is 2. The Balaban J connectivity index is 1.91. The van der Waals surface area contributed by atoms with Gasteiger partial charge in [-0.05, 0) is 42.3 Å². The number of hydrogen-bond donors (Lipinski definition) is 1. The first-order valence-corrected chi connectivity index (χ1v) is 6.88. The Morgan fingerprint density at radius 3 is 2.50 bits per heavy atom. The van der Waals surface area contributed by atoms with E-state index >= 15 is 0 Å². The Kier molecular flexibility index (Phi) is 5.24. The summed E-state index contributed by atoms with van der Waals surface area (Å²) in [5.74, 6) is 0.257. The van der Waals surface area contributed by atoms with Crippen LogP contribution in [0, 0.1) is 5.82 Å². The Hall–Kier alpha value is -1.29. The second kappa shape index (κ2) is 6.93. The van der Waals surface area contributed by atoms with Crippen LogP contribution in [0.4, 0.5) is 4.39 Å². The highest BCUT2D eigenvalue weighted by atomic mass is 35.5. The summed E-state index contributed by atoms with van der Waals surface area (Å²) in [6.45, 7) is 0.285. The molecule has 1 unspecified atom stereocenters. The molecule has 2 N–H and O–H groups in total. The van der Waals surface area contributed by atoms with Crippen LogP contribution in [-0.4, -0.2) is 12.6 Å². The molecule has 0 aliphatic heterocycles. The third kappa shape index (κ3) is 4.10. The molecular formula is C15H14Cl2FNO. The second-order valence-electron chi connectivity index (χ2n) is 4.44. The van der Waals surface area contributed by atoms with Gasteiger partial charge < -0.3 is 10.5 Å². The Bertz CT molecular complexity index is 575. The molecule has 0 amide bonds. The first-order valence-electron chi connectivity index (χ1n) is 6.13. The third-order valence-electron chi connectivity index (χ3n) is 2.79. The zero-order valence-corrected chi connectivity index (χ0v) is 12.2. The predicted octanol–water partition coefficient (Wildman–Crippen LogP) is 4.08. The molecular weight excluding hydrogens is 300 g/mol. The second-order valence-corrected chi connectivity index (χ2v) is 5.29. The third-order valence-corrected chi connectivity index (χ3v) is 3.34. The molecule has 2 nitrogen and oxygen atoms in total. The van der Waals surface area contributed by atoms with Gasteiger partial charge in [-0.3, -0.25) is 0 Å². The van der Waals surface area contributed by atoms with Gasteiger partial charge in [0, 0.05) is 11.1 Å². The van der Waals surface area contributed by atoms with E-state index in [4.69, 9.17) is 33.7 Å². The highest BCUT2D eigenvalue weighted by Crippen LogP contribution is 2.19. The van der Waals surface area contributed by atoms with E-state index in [0.29, 0.717) is 22.8 Å². The van der Waals surface area contributed by atoms with Crippen molar-refractivity contribution in [3.05, 3.63) is 63.9 Å². The molecule has 0 aliphatic carbocycles. The van der Waals surface area contributed by atoms with Crippen LogP contribution in [0.5, 0.6) is 5.75 Å². The van der Waals surface area contributed by atoms with Crippen molar-refractivity contribution < 1.29 is 9.13 Å². The smallest absolute Gasteiger partial charge is 0.145 e. The Morgan fingerprint density at radius 2 is 1.80 bits per heavy atom. The van der Waals surface area contributed by atoms with Gasteiger partial charge in [0.2, 0.25) is 0 Å². The maximum absolute atomic E-state index is 13.7. The fourth-order valence-corrected chi connectivity index (χ4v) is 2.10. The summed E-state index contributed by atoms with van der Waals surface area (Å²) < 4.78 is 19.3. The van der Waals surface area contributed by atoms with Gasteiger partial charge in [-0.25, -0.2) is 4.39 Å². The van der Waals surface area contributed by atoms with Gasteiger partial charge in [0.05, 0.1) is 5.02 Å². The van der Waals surface area contributed by atoms with Gasteiger partial charge in [-0.2, -0.15) is 0 Å². The predicted molar refractivity (Wildman–Crippen MR) is 80.0 cm³/mol. The molecule has 0 saturated carbocycles. The number of nitrogens with two attached hydrogens (primary N) is 1. The summed E-state index contributed by atoms with van der Waals surface area (Å²) in [4.78, 5) is 0. The van der Waals surface area contributed by atoms with E-state index in [1.54, 1.807) is 36.4 Å². The fraction of sp³-hybridized carbons (Fsp3) is 0.200. The maximum atomic E-state index is 13.7. The first kappa shape index (κ1) is 15.1. The monoisotopic (exact) mass is 313 g/mol. The molecule has 1 atom stereocenters. The minimum atomic E-state index is -0.420. The summed E-state index contributed by atoms with van der Waals surface area (Å²) in [6, 6.07) is 11.5. The molecule has 5 heteroatoms. The van der Waals surface area contributed by atoms with Crippen molar-refractivity contribution >= 4 is 23.2 Å². The summed E-state index contributed by atoms with van der Waals surface area (Å²) >= 11 is 11.5. The van der Waals surface area contributed by atoms with Crippen molar-refractivity contribution in [2.45, 2.75) is 12.5 Å². The molecule has 2 aromatic carbocycles. The summed E-state index contributed by atoms with van der Waals surface area (Å²) in [7, 11) is 0. The summed E-state index contributed by atoms with van der Waals surface area (Å²) in [6.07, 6.45) is 0.361. The van der Waals surface area contributed by atoms with Gasteiger partial charge in [0.15, 0.2) is 0 Å². The summed E-state index contributed by atoms with van der Waals surface area (Å²) in [5, 5.41) is 0.746. The molecule has 2 aromatic rings. The number of ether oxygens (including phenoxy) is 1. The topological polar surface area (TPSA) is 35.2 Å². The molecule has 2 rings (SSSR count). The lowest BCUT2D eigenvalue weighted by atomic mass is 10.1. The van der Waals surface area contributed by atoms with Crippen LogP contribution >= 0.6 is 23.2 Å². The highest BCUT2D eigenvalue weighted by Gasteiger charge is 2.11. The lowest BCUT2D eigenvalue weighted by molar-refractivity contribution is 0.287. The van der Waals surface area contributed by atoms with Crippen molar-refractivity contribution in [1.82, 2.24) is 0 Å². The van der Waals surface area contributed by atoms with Crippen LogP contribution in [0.3, 0.4) is 0 Å². The van der Waals surface area contributed by atoms with E-state index in [2.05, 4.69) is 0 Å². The van der Waals surface area contributed by atoms with Crippen LogP contribution in [0.2, 0.25) is 10.0 Å². The minimum Gasteiger partial charge on any atom is -0.492 e. The first-order chi connectivity index (χ1) is 9.56. The molecule has 0 aliphatic rings. The molecule has 0 radical (unpaired) electrons. The van der Waals surface area contributed by atoms with Crippen LogP contribution < -0.4 is 10.5 Å². The molecule has 106 valence electrons. The van der Waals surface area contributed by atoms with E-state index in [-0.39, 0.29) is 17.7 Å². The highest BCUT2D eigenvalue weighted by molar-refractivity contribution is 6.31. The normalized spacial score (nSPS) is 12.2. The molecule has 0 heterocycles. The van der Waals surface area contributed by atoms with E-state index in [1.165, 1.54) is 6.07 Å². The van der Waals surface area contributed by atoms with Gasteiger partial charge in [0.25, 0.3) is 0 Å². The number of halogens is 3. The molecule has 0 saturated heterocycles. The van der Waals surface area contributed by atoms with Crippen LogP contribution in [0.25, 0.3) is 0 Å². The van der Waals surface area contributed by atoms with Gasteiger partial charge in [-0.15, -0.1) is 0 Å². The Labute approximate surface area is 127 Å². The van der Waals surface area contributed by atoms with Crippen LogP contribution in [-0.2, 0) is 6.42 Å². The quantitative estimate of drug-likeness (QED) is 0.902. The average molecular weight is 314 g/mol. The Morgan fingerprint density at radius 1 is 1.10 bits per heavy atom. The van der Waals surface area contributed by atoms with Gasteiger partial charge in [0.1, 0.15) is 18.2 Å². The van der Waals surface area contributed by atoms with Crippen LogP contribution in [0.1, 0.15) is 5.56 Å². The van der Waals surface area contributed by atoms with Crippen molar-refractivity contribution in [2.24, 2.45) is 5.73 Å². The molecule has 0 bridgehead atoms. The largest absolute Gasteiger partial charge is 0.492 e. The SMILES string of the molecule is NC(COc1ccc(Cl)cc1)Cc1cccc(Cl)c1F. The number of benzene rings is 2. The maximum Gasteiger partial charge on any atom is 0.145 e. The van der Waals surface area contributed by atoms with E-state index in [0.717, 1.165) is 0 Å². The van der Waals surface area contributed by atoms with Gasteiger partial charge in [-0.1, -0.05) is 35.3 Å². The van der Waals surface area contributed by atoms with E-state index < -0.39 is 5.82 Å². The van der Waals surface area contributed by atoms with E-state index in [1.807, 2.05) is 0 Å².